The lowest BCUT2D eigenvalue weighted by atomic mass is 10.1. The van der Waals surface area contributed by atoms with Gasteiger partial charge in [0.05, 0.1) is 12.6 Å². The molecule has 0 spiro atoms. The minimum absolute atomic E-state index is 0.107. The van der Waals surface area contributed by atoms with Gasteiger partial charge in [0.25, 0.3) is 0 Å². The third-order valence-corrected chi connectivity index (χ3v) is 3.26. The summed E-state index contributed by atoms with van der Waals surface area (Å²) >= 11 is 0. The van der Waals surface area contributed by atoms with E-state index >= 15 is 0 Å². The number of rotatable bonds is 7. The van der Waals surface area contributed by atoms with Gasteiger partial charge in [-0.15, -0.1) is 0 Å². The number of carbonyl (C=O) groups excluding carboxylic acids is 1. The van der Waals surface area contributed by atoms with Crippen LogP contribution in [0, 0.1) is 0 Å². The summed E-state index contributed by atoms with van der Waals surface area (Å²) in [4.78, 5) is 14.1. The van der Waals surface area contributed by atoms with Crippen LogP contribution in [0.5, 0.6) is 0 Å². The molecule has 0 heterocycles. The number of likely N-dealkylation sites (N-methyl/N-ethyl adjacent to an activating group) is 1. The maximum atomic E-state index is 12.2. The molecule has 1 aromatic rings. The van der Waals surface area contributed by atoms with Crippen LogP contribution < -0.4 is 5.73 Å². The van der Waals surface area contributed by atoms with Gasteiger partial charge in [-0.25, -0.2) is 0 Å². The summed E-state index contributed by atoms with van der Waals surface area (Å²) in [7, 11) is 1.65. The zero-order valence-corrected chi connectivity index (χ0v) is 12.1. The molecule has 1 amide bonds. The molecule has 0 aliphatic carbocycles. The lowest BCUT2D eigenvalue weighted by Gasteiger charge is -2.27. The lowest BCUT2D eigenvalue weighted by molar-refractivity contribution is -0.133. The Morgan fingerprint density at radius 3 is 2.68 bits per heavy atom. The van der Waals surface area contributed by atoms with Gasteiger partial charge in [0.15, 0.2) is 0 Å². The second-order valence-electron chi connectivity index (χ2n) is 4.68. The van der Waals surface area contributed by atoms with Crippen molar-refractivity contribution >= 4 is 11.6 Å². The molecule has 0 saturated heterocycles. The fraction of sp³-hybridized carbons (Fsp3) is 0.533. The third kappa shape index (κ3) is 4.56. The Morgan fingerprint density at radius 2 is 2.11 bits per heavy atom. The first-order chi connectivity index (χ1) is 9.10. The number of aryl methyl sites for hydroxylation is 1. The number of ether oxygens (including phenoxy) is 1. The third-order valence-electron chi connectivity index (χ3n) is 3.26. The van der Waals surface area contributed by atoms with E-state index in [-0.39, 0.29) is 11.9 Å². The quantitative estimate of drug-likeness (QED) is 0.767. The van der Waals surface area contributed by atoms with Crippen molar-refractivity contribution in [3.8, 4) is 0 Å². The first kappa shape index (κ1) is 15.5. The van der Waals surface area contributed by atoms with Gasteiger partial charge in [0.2, 0.25) is 5.91 Å². The van der Waals surface area contributed by atoms with E-state index in [4.69, 9.17) is 10.5 Å². The first-order valence-corrected chi connectivity index (χ1v) is 6.71. The summed E-state index contributed by atoms with van der Waals surface area (Å²) in [5.41, 5.74) is 7.66. The van der Waals surface area contributed by atoms with E-state index in [1.54, 1.807) is 7.11 Å². The first-order valence-electron chi connectivity index (χ1n) is 6.71. The second kappa shape index (κ2) is 7.79. The Balaban J connectivity index is 2.56. The molecule has 106 valence electrons. The highest BCUT2D eigenvalue weighted by molar-refractivity contribution is 5.77. The monoisotopic (exact) mass is 264 g/mol. The van der Waals surface area contributed by atoms with E-state index in [1.165, 1.54) is 0 Å². The molecule has 19 heavy (non-hydrogen) atoms. The Hall–Kier alpha value is -1.55. The minimum Gasteiger partial charge on any atom is -0.399 e. The van der Waals surface area contributed by atoms with Crippen molar-refractivity contribution in [1.29, 1.82) is 0 Å². The normalized spacial score (nSPS) is 12.2. The SMILES string of the molecule is CCN(C(=O)CCc1ccccc1N)C(C)COC. The average Bonchev–Trinajstić information content (AvgIpc) is 2.39. The molecule has 0 radical (unpaired) electrons. The maximum absolute atomic E-state index is 12.2. The summed E-state index contributed by atoms with van der Waals surface area (Å²) in [5.74, 6) is 0.148. The van der Waals surface area contributed by atoms with Crippen molar-refractivity contribution in [2.75, 3.05) is 26.0 Å². The molecule has 0 aliphatic heterocycles. The van der Waals surface area contributed by atoms with Crippen molar-refractivity contribution in [3.05, 3.63) is 29.8 Å². The molecule has 0 aromatic heterocycles. The van der Waals surface area contributed by atoms with Gasteiger partial charge in [0.1, 0.15) is 0 Å². The average molecular weight is 264 g/mol. The Labute approximate surface area is 115 Å². The number of carbonyl (C=O) groups is 1. The van der Waals surface area contributed by atoms with E-state index in [1.807, 2.05) is 43.0 Å². The fourth-order valence-corrected chi connectivity index (χ4v) is 2.21. The molecule has 1 aromatic carbocycles. The van der Waals surface area contributed by atoms with Gasteiger partial charge in [-0.3, -0.25) is 4.79 Å². The number of methoxy groups -OCH3 is 1. The molecule has 1 rings (SSSR count). The highest BCUT2D eigenvalue weighted by atomic mass is 16.5. The molecule has 0 aliphatic rings. The van der Waals surface area contributed by atoms with Crippen LogP contribution in [0.4, 0.5) is 5.69 Å². The van der Waals surface area contributed by atoms with Crippen molar-refractivity contribution in [1.82, 2.24) is 4.90 Å². The molecular weight excluding hydrogens is 240 g/mol. The van der Waals surface area contributed by atoms with Crippen LogP contribution in [-0.2, 0) is 16.0 Å². The second-order valence-corrected chi connectivity index (χ2v) is 4.68. The van der Waals surface area contributed by atoms with Crippen molar-refractivity contribution in [3.63, 3.8) is 0 Å². The molecule has 0 fully saturated rings. The summed E-state index contributed by atoms with van der Waals surface area (Å²) in [6, 6.07) is 7.79. The highest BCUT2D eigenvalue weighted by Crippen LogP contribution is 2.14. The molecule has 2 N–H and O–H groups in total. The van der Waals surface area contributed by atoms with Gasteiger partial charge in [-0.1, -0.05) is 18.2 Å². The topological polar surface area (TPSA) is 55.6 Å². The molecule has 0 bridgehead atoms. The lowest BCUT2D eigenvalue weighted by Crippen LogP contribution is -2.41. The van der Waals surface area contributed by atoms with Crippen LogP contribution in [0.15, 0.2) is 24.3 Å². The van der Waals surface area contributed by atoms with Gasteiger partial charge in [0, 0.05) is 25.8 Å². The zero-order valence-electron chi connectivity index (χ0n) is 12.1. The number of benzene rings is 1. The Kier molecular flexibility index (Phi) is 6.36. The number of nitrogen functional groups attached to an aromatic ring is 1. The van der Waals surface area contributed by atoms with E-state index < -0.39 is 0 Å². The number of anilines is 1. The molecule has 1 atom stereocenters. The number of nitrogens with two attached hydrogens (primary N) is 1. The molecule has 4 heteroatoms. The van der Waals surface area contributed by atoms with E-state index in [0.29, 0.717) is 26.0 Å². The van der Waals surface area contributed by atoms with Crippen LogP contribution in [0.3, 0.4) is 0 Å². The van der Waals surface area contributed by atoms with Crippen LogP contribution >= 0.6 is 0 Å². The summed E-state index contributed by atoms with van der Waals surface area (Å²) in [5, 5.41) is 0. The summed E-state index contributed by atoms with van der Waals surface area (Å²) in [6.07, 6.45) is 1.16. The Morgan fingerprint density at radius 1 is 1.42 bits per heavy atom. The van der Waals surface area contributed by atoms with Gasteiger partial charge in [-0.2, -0.15) is 0 Å². The fourth-order valence-electron chi connectivity index (χ4n) is 2.21. The van der Waals surface area contributed by atoms with Crippen molar-refractivity contribution in [2.45, 2.75) is 32.7 Å². The predicted octanol–water partition coefficient (Wildman–Crippen LogP) is 2.08. The van der Waals surface area contributed by atoms with Crippen molar-refractivity contribution < 1.29 is 9.53 Å². The van der Waals surface area contributed by atoms with Crippen LogP contribution in [0.25, 0.3) is 0 Å². The van der Waals surface area contributed by atoms with Crippen LogP contribution in [-0.4, -0.2) is 37.1 Å². The molecular formula is C15H24N2O2. The number of hydrogen-bond acceptors (Lipinski definition) is 3. The predicted molar refractivity (Wildman–Crippen MR) is 77.9 cm³/mol. The van der Waals surface area contributed by atoms with Gasteiger partial charge >= 0.3 is 0 Å². The Bertz CT molecular complexity index is 407. The molecule has 1 unspecified atom stereocenters. The largest absolute Gasteiger partial charge is 0.399 e. The molecule has 0 saturated carbocycles. The zero-order chi connectivity index (χ0) is 14.3. The number of para-hydroxylation sites is 1. The minimum atomic E-state index is 0.107. The van der Waals surface area contributed by atoms with Crippen molar-refractivity contribution in [2.24, 2.45) is 0 Å². The molecule has 4 nitrogen and oxygen atoms in total. The van der Waals surface area contributed by atoms with E-state index in [9.17, 15) is 4.79 Å². The number of nitrogens with zero attached hydrogens (tertiary/aromatic N) is 1. The smallest absolute Gasteiger partial charge is 0.223 e. The van der Waals surface area contributed by atoms with Gasteiger partial charge < -0.3 is 15.4 Å². The summed E-state index contributed by atoms with van der Waals surface area (Å²) in [6.45, 7) is 5.25. The number of hydrogen-bond donors (Lipinski definition) is 1. The van der Waals surface area contributed by atoms with E-state index in [2.05, 4.69) is 0 Å². The highest BCUT2D eigenvalue weighted by Gasteiger charge is 2.18. The summed E-state index contributed by atoms with van der Waals surface area (Å²) < 4.78 is 5.10. The van der Waals surface area contributed by atoms with Crippen LogP contribution in [0.2, 0.25) is 0 Å². The van der Waals surface area contributed by atoms with E-state index in [0.717, 1.165) is 11.3 Å². The number of amides is 1. The standard InChI is InChI=1S/C15H24N2O2/c1-4-17(12(2)11-19-3)15(18)10-9-13-7-5-6-8-14(13)16/h5-8,12H,4,9-11,16H2,1-3H3. The maximum Gasteiger partial charge on any atom is 0.223 e. The van der Waals surface area contributed by atoms with Crippen LogP contribution in [0.1, 0.15) is 25.8 Å². The van der Waals surface area contributed by atoms with Gasteiger partial charge in [-0.05, 0) is 31.9 Å².